The lowest BCUT2D eigenvalue weighted by molar-refractivity contribution is -0.672. The standard InChI is InChI=1S/C26H25N2/c1-3-26(4-2)18-28-23-17-11-10-16-22(23)27-24(19-12-6-5-7-13-19)25(28)20-14-8-9-15-21(20)26/h5-17H,3-4,18H2,1-2H3/q+1. The summed E-state index contributed by atoms with van der Waals surface area (Å²) in [6, 6.07) is 28.1. The fourth-order valence-corrected chi connectivity index (χ4v) is 4.84. The molecule has 0 unspecified atom stereocenters. The molecular weight excluding hydrogens is 340 g/mol. The van der Waals surface area contributed by atoms with E-state index in [1.807, 2.05) is 0 Å². The lowest BCUT2D eigenvalue weighted by Crippen LogP contribution is -2.51. The van der Waals surface area contributed by atoms with Crippen molar-refractivity contribution in [1.82, 2.24) is 4.98 Å². The van der Waals surface area contributed by atoms with E-state index in [4.69, 9.17) is 4.98 Å². The number of para-hydroxylation sites is 2. The third kappa shape index (κ3) is 2.41. The summed E-state index contributed by atoms with van der Waals surface area (Å²) >= 11 is 0. The topological polar surface area (TPSA) is 16.8 Å². The van der Waals surface area contributed by atoms with Crippen LogP contribution in [-0.2, 0) is 12.0 Å². The molecule has 0 spiro atoms. The molecule has 0 saturated heterocycles. The van der Waals surface area contributed by atoms with Crippen molar-refractivity contribution in [3.05, 3.63) is 84.4 Å². The molecule has 4 aromatic rings. The Morgan fingerprint density at radius 2 is 1.50 bits per heavy atom. The van der Waals surface area contributed by atoms with Gasteiger partial charge in [0.25, 0.3) is 0 Å². The van der Waals surface area contributed by atoms with Crippen molar-refractivity contribution in [3.8, 4) is 22.5 Å². The number of hydrogen-bond donors (Lipinski definition) is 0. The molecule has 0 amide bonds. The smallest absolute Gasteiger partial charge is 0.234 e. The van der Waals surface area contributed by atoms with Gasteiger partial charge in [-0.1, -0.05) is 74.5 Å². The van der Waals surface area contributed by atoms with Crippen LogP contribution < -0.4 is 4.57 Å². The largest absolute Gasteiger partial charge is 0.239 e. The van der Waals surface area contributed by atoms with Crippen LogP contribution in [-0.4, -0.2) is 4.98 Å². The van der Waals surface area contributed by atoms with Gasteiger partial charge in [-0.2, -0.15) is 4.57 Å². The first-order chi connectivity index (χ1) is 13.8. The summed E-state index contributed by atoms with van der Waals surface area (Å²) in [5.41, 5.74) is 8.73. The number of benzene rings is 3. The maximum Gasteiger partial charge on any atom is 0.239 e. The SMILES string of the molecule is CCC1(CC)C[n+]2c(c(-c3ccccc3)nc3ccccc32)-c2ccccc21. The maximum atomic E-state index is 5.14. The summed E-state index contributed by atoms with van der Waals surface area (Å²) in [5.74, 6) is 0. The second-order valence-corrected chi connectivity index (χ2v) is 7.78. The van der Waals surface area contributed by atoms with E-state index in [0.717, 1.165) is 30.6 Å². The van der Waals surface area contributed by atoms with E-state index in [9.17, 15) is 0 Å². The molecule has 0 radical (unpaired) electrons. The normalized spacial score (nSPS) is 14.5. The predicted molar refractivity (Wildman–Crippen MR) is 115 cm³/mol. The van der Waals surface area contributed by atoms with Gasteiger partial charge in [-0.05, 0) is 30.5 Å². The maximum absolute atomic E-state index is 5.14. The molecule has 1 aliphatic heterocycles. The Morgan fingerprint density at radius 3 is 2.29 bits per heavy atom. The molecule has 2 heterocycles. The van der Waals surface area contributed by atoms with Crippen molar-refractivity contribution >= 4 is 11.0 Å². The van der Waals surface area contributed by atoms with Gasteiger partial charge >= 0.3 is 0 Å². The second-order valence-electron chi connectivity index (χ2n) is 7.78. The number of rotatable bonds is 3. The van der Waals surface area contributed by atoms with Crippen LogP contribution in [0.1, 0.15) is 32.3 Å². The Hall–Kier alpha value is -3.00. The summed E-state index contributed by atoms with van der Waals surface area (Å²) < 4.78 is 2.53. The van der Waals surface area contributed by atoms with Gasteiger partial charge in [0.05, 0.1) is 11.0 Å². The van der Waals surface area contributed by atoms with E-state index in [0.29, 0.717) is 0 Å². The molecule has 0 fully saturated rings. The van der Waals surface area contributed by atoms with Crippen molar-refractivity contribution in [2.45, 2.75) is 38.6 Å². The van der Waals surface area contributed by atoms with E-state index in [1.165, 1.54) is 27.9 Å². The zero-order valence-electron chi connectivity index (χ0n) is 16.5. The highest BCUT2D eigenvalue weighted by atomic mass is 15.0. The van der Waals surface area contributed by atoms with Gasteiger partial charge in [0.15, 0.2) is 6.54 Å². The van der Waals surface area contributed by atoms with Crippen molar-refractivity contribution in [1.29, 1.82) is 0 Å². The van der Waals surface area contributed by atoms with Crippen LogP contribution in [0.4, 0.5) is 0 Å². The van der Waals surface area contributed by atoms with E-state index < -0.39 is 0 Å². The van der Waals surface area contributed by atoms with E-state index in [1.54, 1.807) is 0 Å². The molecule has 0 atom stereocenters. The average molecular weight is 366 g/mol. The zero-order chi connectivity index (χ0) is 19.1. The molecular formula is C26H25N2+. The first-order valence-corrected chi connectivity index (χ1v) is 10.3. The minimum Gasteiger partial charge on any atom is -0.234 e. The van der Waals surface area contributed by atoms with E-state index in [2.05, 4.69) is 97.3 Å². The highest BCUT2D eigenvalue weighted by Gasteiger charge is 2.43. The van der Waals surface area contributed by atoms with Crippen LogP contribution in [0.3, 0.4) is 0 Å². The highest BCUT2D eigenvalue weighted by Crippen LogP contribution is 2.44. The van der Waals surface area contributed by atoms with Gasteiger partial charge < -0.3 is 0 Å². The summed E-state index contributed by atoms with van der Waals surface area (Å²) in [5, 5.41) is 0. The van der Waals surface area contributed by atoms with Crippen molar-refractivity contribution in [2.24, 2.45) is 0 Å². The summed E-state index contributed by atoms with van der Waals surface area (Å²) in [6.45, 7) is 5.65. The number of fused-ring (bicyclic) bond motifs is 5. The molecule has 28 heavy (non-hydrogen) atoms. The molecule has 1 aromatic heterocycles. The minimum atomic E-state index is 0.159. The number of hydrogen-bond acceptors (Lipinski definition) is 1. The van der Waals surface area contributed by atoms with Crippen molar-refractivity contribution < 1.29 is 4.57 Å². The summed E-state index contributed by atoms with van der Waals surface area (Å²) in [7, 11) is 0. The molecule has 0 N–H and O–H groups in total. The van der Waals surface area contributed by atoms with E-state index in [-0.39, 0.29) is 5.41 Å². The average Bonchev–Trinajstić information content (AvgIpc) is 2.78. The van der Waals surface area contributed by atoms with Gasteiger partial charge in [0.1, 0.15) is 11.2 Å². The Bertz CT molecular complexity index is 1160. The Morgan fingerprint density at radius 1 is 0.821 bits per heavy atom. The fourth-order valence-electron chi connectivity index (χ4n) is 4.84. The Labute approximate surface area is 166 Å². The molecule has 0 aliphatic carbocycles. The number of nitrogens with zero attached hydrogens (tertiary/aromatic N) is 2. The Kier molecular flexibility index (Phi) is 4.01. The molecule has 3 aromatic carbocycles. The molecule has 1 aliphatic rings. The molecule has 0 saturated carbocycles. The molecule has 0 bridgehead atoms. The third-order valence-corrected chi connectivity index (χ3v) is 6.51. The highest BCUT2D eigenvalue weighted by molar-refractivity contribution is 5.84. The van der Waals surface area contributed by atoms with Crippen LogP contribution in [0.15, 0.2) is 78.9 Å². The molecule has 138 valence electrons. The number of aromatic nitrogens is 2. The molecule has 2 heteroatoms. The lowest BCUT2D eigenvalue weighted by Gasteiger charge is -2.35. The quantitative estimate of drug-likeness (QED) is 0.411. The zero-order valence-corrected chi connectivity index (χ0v) is 16.5. The first-order valence-electron chi connectivity index (χ1n) is 10.3. The molecule has 2 nitrogen and oxygen atoms in total. The van der Waals surface area contributed by atoms with Gasteiger partial charge in [-0.3, -0.25) is 0 Å². The van der Waals surface area contributed by atoms with Gasteiger partial charge in [0.2, 0.25) is 11.2 Å². The van der Waals surface area contributed by atoms with Crippen LogP contribution in [0.25, 0.3) is 33.5 Å². The van der Waals surface area contributed by atoms with Crippen molar-refractivity contribution in [2.75, 3.05) is 0 Å². The van der Waals surface area contributed by atoms with Crippen LogP contribution >= 0.6 is 0 Å². The van der Waals surface area contributed by atoms with Gasteiger partial charge in [0, 0.05) is 11.6 Å². The van der Waals surface area contributed by atoms with Crippen LogP contribution in [0.5, 0.6) is 0 Å². The molecule has 5 rings (SSSR count). The fraction of sp³-hybridized carbons (Fsp3) is 0.231. The predicted octanol–water partition coefficient (Wildman–Crippen LogP) is 5.93. The Balaban J connectivity index is 1.94. The minimum absolute atomic E-state index is 0.159. The van der Waals surface area contributed by atoms with Gasteiger partial charge in [-0.25, -0.2) is 4.98 Å². The van der Waals surface area contributed by atoms with Crippen LogP contribution in [0, 0.1) is 0 Å². The summed E-state index contributed by atoms with van der Waals surface area (Å²) in [6.07, 6.45) is 2.26. The van der Waals surface area contributed by atoms with Crippen LogP contribution in [0.2, 0.25) is 0 Å². The lowest BCUT2D eigenvalue weighted by atomic mass is 9.71. The van der Waals surface area contributed by atoms with E-state index >= 15 is 0 Å². The monoisotopic (exact) mass is 365 g/mol. The summed E-state index contributed by atoms with van der Waals surface area (Å²) in [4.78, 5) is 5.14. The third-order valence-electron chi connectivity index (χ3n) is 6.51. The second kappa shape index (κ2) is 6.56. The first kappa shape index (κ1) is 17.1. The van der Waals surface area contributed by atoms with Crippen molar-refractivity contribution in [3.63, 3.8) is 0 Å². The van der Waals surface area contributed by atoms with Gasteiger partial charge in [-0.15, -0.1) is 0 Å².